The maximum Gasteiger partial charge on any atom is 0.141 e. The lowest BCUT2D eigenvalue weighted by Crippen LogP contribution is -2.01. The van der Waals surface area contributed by atoms with Gasteiger partial charge >= 0.3 is 0 Å². The van der Waals surface area contributed by atoms with Gasteiger partial charge in [-0.2, -0.15) is 0 Å². The van der Waals surface area contributed by atoms with Gasteiger partial charge in [-0.3, -0.25) is 0 Å². The van der Waals surface area contributed by atoms with Crippen LogP contribution in [0.1, 0.15) is 25.5 Å². The molecule has 0 spiro atoms. The Morgan fingerprint density at radius 2 is 2.31 bits per heavy atom. The molecule has 0 atom stereocenters. The fourth-order valence-electron chi connectivity index (χ4n) is 1.19. The molecule has 2 rings (SSSR count). The highest BCUT2D eigenvalue weighted by molar-refractivity contribution is 9.10. The molecule has 2 nitrogen and oxygen atoms in total. The monoisotopic (exact) mass is 241 g/mol. The van der Waals surface area contributed by atoms with Crippen molar-refractivity contribution >= 4 is 15.9 Å². The molecule has 0 radical (unpaired) electrons. The number of pyridine rings is 1. The molecule has 70 valence electrons. The van der Waals surface area contributed by atoms with E-state index in [1.807, 2.05) is 12.1 Å². The summed E-state index contributed by atoms with van der Waals surface area (Å²) in [6.07, 6.45) is 3.76. The highest BCUT2D eigenvalue weighted by Gasteiger charge is 2.24. The molecule has 1 fully saturated rings. The van der Waals surface area contributed by atoms with E-state index in [1.165, 1.54) is 12.8 Å². The predicted octanol–water partition coefficient (Wildman–Crippen LogP) is 2.95. The van der Waals surface area contributed by atoms with E-state index in [4.69, 9.17) is 4.74 Å². The smallest absolute Gasteiger partial charge is 0.141 e. The lowest BCUT2D eigenvalue weighted by atomic mass is 10.3. The lowest BCUT2D eigenvalue weighted by molar-refractivity contribution is 0.298. The molecule has 0 aliphatic heterocycles. The largest absolute Gasteiger partial charge is 0.489 e. The Morgan fingerprint density at radius 1 is 1.54 bits per heavy atom. The molecule has 0 unspecified atom stereocenters. The van der Waals surface area contributed by atoms with Crippen LogP contribution in [0.3, 0.4) is 0 Å². The van der Waals surface area contributed by atoms with Crippen molar-refractivity contribution < 1.29 is 4.74 Å². The molecule has 1 heterocycles. The van der Waals surface area contributed by atoms with E-state index >= 15 is 0 Å². The van der Waals surface area contributed by atoms with E-state index in [-0.39, 0.29) is 0 Å². The third-order valence-electron chi connectivity index (χ3n) is 2.05. The van der Waals surface area contributed by atoms with E-state index < -0.39 is 0 Å². The van der Waals surface area contributed by atoms with Crippen LogP contribution in [0, 0.1) is 0 Å². The number of rotatable bonds is 3. The molecule has 1 aliphatic rings. The Hall–Kier alpha value is -0.570. The molecule has 1 aromatic heterocycles. The fourth-order valence-corrected chi connectivity index (χ4v) is 1.53. The van der Waals surface area contributed by atoms with Crippen molar-refractivity contribution in [3.63, 3.8) is 0 Å². The summed E-state index contributed by atoms with van der Waals surface area (Å²) >= 11 is 3.35. The minimum atomic E-state index is 0.452. The standard InChI is InChI=1S/C10H12BrNO/c1-2-8-9(13-7-3-4-7)5-6-10(11)12-8/h5-7H,2-4H2,1H3. The zero-order chi connectivity index (χ0) is 9.26. The van der Waals surface area contributed by atoms with E-state index in [0.29, 0.717) is 6.10 Å². The summed E-state index contributed by atoms with van der Waals surface area (Å²) in [4.78, 5) is 4.36. The van der Waals surface area contributed by atoms with Gasteiger partial charge < -0.3 is 4.74 Å². The summed E-state index contributed by atoms with van der Waals surface area (Å²) < 4.78 is 6.60. The third kappa shape index (κ3) is 2.21. The average molecular weight is 242 g/mol. The topological polar surface area (TPSA) is 22.1 Å². The molecule has 0 N–H and O–H groups in total. The molecular weight excluding hydrogens is 230 g/mol. The predicted molar refractivity (Wildman–Crippen MR) is 55.0 cm³/mol. The van der Waals surface area contributed by atoms with Crippen molar-refractivity contribution in [1.82, 2.24) is 4.98 Å². The lowest BCUT2D eigenvalue weighted by Gasteiger charge is -2.08. The van der Waals surface area contributed by atoms with Crippen LogP contribution in [0.2, 0.25) is 0 Å². The van der Waals surface area contributed by atoms with Crippen LogP contribution in [0.4, 0.5) is 0 Å². The van der Waals surface area contributed by atoms with Gasteiger partial charge in [0.2, 0.25) is 0 Å². The molecule has 1 aliphatic carbocycles. The average Bonchev–Trinajstić information content (AvgIpc) is 2.92. The van der Waals surface area contributed by atoms with Crippen LogP contribution in [0.25, 0.3) is 0 Å². The quantitative estimate of drug-likeness (QED) is 0.760. The first-order valence-electron chi connectivity index (χ1n) is 4.61. The van der Waals surface area contributed by atoms with Gasteiger partial charge in [-0.05, 0) is 47.3 Å². The zero-order valence-corrected chi connectivity index (χ0v) is 9.17. The maximum atomic E-state index is 5.72. The summed E-state index contributed by atoms with van der Waals surface area (Å²) in [6.45, 7) is 2.09. The van der Waals surface area contributed by atoms with Crippen molar-refractivity contribution in [3.8, 4) is 5.75 Å². The van der Waals surface area contributed by atoms with E-state index in [0.717, 1.165) is 22.5 Å². The van der Waals surface area contributed by atoms with Gasteiger partial charge in [-0.15, -0.1) is 0 Å². The van der Waals surface area contributed by atoms with Gasteiger partial charge in [-0.1, -0.05) is 6.92 Å². The molecule has 0 saturated heterocycles. The highest BCUT2D eigenvalue weighted by Crippen LogP contribution is 2.29. The van der Waals surface area contributed by atoms with Gasteiger partial charge in [0.25, 0.3) is 0 Å². The van der Waals surface area contributed by atoms with Gasteiger partial charge in [0.15, 0.2) is 0 Å². The fraction of sp³-hybridized carbons (Fsp3) is 0.500. The molecule has 13 heavy (non-hydrogen) atoms. The summed E-state index contributed by atoms with van der Waals surface area (Å²) in [5, 5.41) is 0. The molecule has 0 amide bonds. The number of ether oxygens (including phenoxy) is 1. The molecular formula is C10H12BrNO. The van der Waals surface area contributed by atoms with Crippen LogP contribution in [-0.2, 0) is 6.42 Å². The zero-order valence-electron chi connectivity index (χ0n) is 7.59. The summed E-state index contributed by atoms with van der Waals surface area (Å²) in [6, 6.07) is 3.92. The van der Waals surface area contributed by atoms with Crippen LogP contribution < -0.4 is 4.74 Å². The van der Waals surface area contributed by atoms with Crippen molar-refractivity contribution in [2.45, 2.75) is 32.3 Å². The Bertz CT molecular complexity index is 310. The Balaban J connectivity index is 2.21. The molecule has 0 aromatic carbocycles. The normalized spacial score (nSPS) is 15.8. The second-order valence-corrected chi connectivity index (χ2v) is 4.06. The Kier molecular flexibility index (Phi) is 2.54. The molecule has 3 heteroatoms. The first kappa shape index (κ1) is 9.00. The summed E-state index contributed by atoms with van der Waals surface area (Å²) in [5.41, 5.74) is 1.04. The first-order valence-corrected chi connectivity index (χ1v) is 5.41. The second-order valence-electron chi connectivity index (χ2n) is 3.25. The van der Waals surface area contributed by atoms with Crippen molar-refractivity contribution in [2.24, 2.45) is 0 Å². The maximum absolute atomic E-state index is 5.72. The molecule has 1 saturated carbocycles. The summed E-state index contributed by atoms with van der Waals surface area (Å²) in [7, 11) is 0. The minimum Gasteiger partial charge on any atom is -0.489 e. The van der Waals surface area contributed by atoms with Gasteiger partial charge in [0.05, 0.1) is 11.8 Å². The SMILES string of the molecule is CCc1nc(Br)ccc1OC1CC1. The minimum absolute atomic E-state index is 0.452. The van der Waals surface area contributed by atoms with Crippen molar-refractivity contribution in [2.75, 3.05) is 0 Å². The number of hydrogen-bond donors (Lipinski definition) is 0. The second kappa shape index (κ2) is 3.66. The number of nitrogens with zero attached hydrogens (tertiary/aromatic N) is 1. The molecule has 1 aromatic rings. The van der Waals surface area contributed by atoms with Crippen LogP contribution in [0.5, 0.6) is 5.75 Å². The first-order chi connectivity index (χ1) is 6.29. The van der Waals surface area contributed by atoms with Crippen LogP contribution in [0.15, 0.2) is 16.7 Å². The van der Waals surface area contributed by atoms with Gasteiger partial charge in [0, 0.05) is 0 Å². The van der Waals surface area contributed by atoms with Gasteiger partial charge in [-0.25, -0.2) is 4.98 Å². The number of halogens is 1. The van der Waals surface area contributed by atoms with E-state index in [2.05, 4.69) is 27.8 Å². The number of hydrogen-bond acceptors (Lipinski definition) is 2. The van der Waals surface area contributed by atoms with E-state index in [9.17, 15) is 0 Å². The Morgan fingerprint density at radius 3 is 2.92 bits per heavy atom. The van der Waals surface area contributed by atoms with Crippen LogP contribution in [-0.4, -0.2) is 11.1 Å². The van der Waals surface area contributed by atoms with Gasteiger partial charge in [0.1, 0.15) is 10.4 Å². The highest BCUT2D eigenvalue weighted by atomic mass is 79.9. The third-order valence-corrected chi connectivity index (χ3v) is 2.49. The number of aromatic nitrogens is 1. The van der Waals surface area contributed by atoms with Crippen LogP contribution >= 0.6 is 15.9 Å². The molecule has 0 bridgehead atoms. The van der Waals surface area contributed by atoms with Crippen molar-refractivity contribution in [1.29, 1.82) is 0 Å². The summed E-state index contributed by atoms with van der Waals surface area (Å²) in [5.74, 6) is 0.952. The number of aryl methyl sites for hydroxylation is 1. The van der Waals surface area contributed by atoms with Crippen molar-refractivity contribution in [3.05, 3.63) is 22.4 Å². The van der Waals surface area contributed by atoms with E-state index in [1.54, 1.807) is 0 Å². The Labute approximate surface area is 86.5 Å².